The third-order valence-electron chi connectivity index (χ3n) is 2.28. The Morgan fingerprint density at radius 2 is 2.31 bits per heavy atom. The minimum atomic E-state index is -0.0679. The highest BCUT2D eigenvalue weighted by Gasteiger charge is 2.02. The van der Waals surface area contributed by atoms with Gasteiger partial charge in [-0.3, -0.25) is 0 Å². The Labute approximate surface area is 102 Å². The summed E-state index contributed by atoms with van der Waals surface area (Å²) >= 11 is 1.74. The molecule has 0 aliphatic carbocycles. The van der Waals surface area contributed by atoms with Crippen LogP contribution in [0.15, 0.2) is 11.4 Å². The number of aliphatic hydroxyl groups is 1. The third kappa shape index (κ3) is 4.80. The highest BCUT2D eigenvalue weighted by Crippen LogP contribution is 2.15. The van der Waals surface area contributed by atoms with Crippen molar-refractivity contribution in [2.45, 2.75) is 26.3 Å². The molecule has 0 atom stereocenters. The van der Waals surface area contributed by atoms with Crippen LogP contribution in [0.1, 0.15) is 30.2 Å². The van der Waals surface area contributed by atoms with Crippen molar-refractivity contribution < 1.29 is 5.11 Å². The van der Waals surface area contributed by atoms with E-state index < -0.39 is 0 Å². The van der Waals surface area contributed by atoms with Crippen molar-refractivity contribution in [2.24, 2.45) is 0 Å². The zero-order valence-electron chi connectivity index (χ0n) is 9.99. The summed E-state index contributed by atoms with van der Waals surface area (Å²) in [5.74, 6) is 5.59. The lowest BCUT2D eigenvalue weighted by Crippen LogP contribution is -2.18. The van der Waals surface area contributed by atoms with E-state index in [1.807, 2.05) is 5.38 Å². The lowest BCUT2D eigenvalue weighted by molar-refractivity contribution is 0.323. The largest absolute Gasteiger partial charge is 0.384 e. The van der Waals surface area contributed by atoms with Crippen molar-refractivity contribution in [1.29, 1.82) is 0 Å². The van der Waals surface area contributed by atoms with Gasteiger partial charge in [0.15, 0.2) is 0 Å². The van der Waals surface area contributed by atoms with E-state index in [0.29, 0.717) is 0 Å². The maximum absolute atomic E-state index is 8.60. The molecule has 0 saturated carbocycles. The van der Waals surface area contributed by atoms with Crippen LogP contribution < -0.4 is 0 Å². The monoisotopic (exact) mass is 237 g/mol. The summed E-state index contributed by atoms with van der Waals surface area (Å²) in [6, 6.07) is 2.11. The molecule has 0 spiro atoms. The predicted octanol–water partition coefficient (Wildman–Crippen LogP) is 2.32. The molecular formula is C13H19NOS. The smallest absolute Gasteiger partial charge is 0.104 e. The first-order chi connectivity index (χ1) is 7.76. The zero-order valence-corrected chi connectivity index (χ0v) is 10.8. The highest BCUT2D eigenvalue weighted by molar-refractivity contribution is 7.10. The number of aliphatic hydroxyl groups excluding tert-OH is 1. The summed E-state index contributed by atoms with van der Waals surface area (Å²) in [7, 11) is 2.15. The van der Waals surface area contributed by atoms with Crippen molar-refractivity contribution in [1.82, 2.24) is 4.90 Å². The predicted molar refractivity (Wildman–Crippen MR) is 69.5 cm³/mol. The van der Waals surface area contributed by atoms with E-state index in [0.717, 1.165) is 18.7 Å². The van der Waals surface area contributed by atoms with Gasteiger partial charge in [0.1, 0.15) is 6.61 Å². The Morgan fingerprint density at radius 3 is 3.00 bits per heavy atom. The number of nitrogens with zero attached hydrogens (tertiary/aromatic N) is 1. The van der Waals surface area contributed by atoms with Gasteiger partial charge in [0, 0.05) is 22.4 Å². The molecular weight excluding hydrogens is 218 g/mol. The third-order valence-corrected chi connectivity index (χ3v) is 3.21. The molecule has 0 saturated heterocycles. The van der Waals surface area contributed by atoms with Crippen LogP contribution in [0.2, 0.25) is 0 Å². The van der Waals surface area contributed by atoms with E-state index in [-0.39, 0.29) is 6.61 Å². The van der Waals surface area contributed by atoms with Crippen LogP contribution in [0.5, 0.6) is 0 Å². The number of hydrogen-bond acceptors (Lipinski definition) is 3. The van der Waals surface area contributed by atoms with Gasteiger partial charge in [0.2, 0.25) is 0 Å². The molecule has 1 rings (SSSR count). The molecule has 0 unspecified atom stereocenters. The Bertz CT molecular complexity index is 361. The maximum atomic E-state index is 8.60. The Balaban J connectivity index is 2.45. The number of thiophene rings is 1. The second-order valence-electron chi connectivity index (χ2n) is 3.85. The van der Waals surface area contributed by atoms with Gasteiger partial charge < -0.3 is 10.0 Å². The minimum absolute atomic E-state index is 0.0679. The molecule has 3 heteroatoms. The van der Waals surface area contributed by atoms with Crippen molar-refractivity contribution in [2.75, 3.05) is 20.2 Å². The van der Waals surface area contributed by atoms with Crippen molar-refractivity contribution in [3.05, 3.63) is 21.9 Å². The molecule has 2 nitrogen and oxygen atoms in total. The van der Waals surface area contributed by atoms with Gasteiger partial charge in [-0.1, -0.05) is 25.2 Å². The molecule has 16 heavy (non-hydrogen) atoms. The zero-order chi connectivity index (χ0) is 11.8. The lowest BCUT2D eigenvalue weighted by Gasteiger charge is -2.14. The molecule has 0 bridgehead atoms. The molecule has 1 aromatic heterocycles. The normalized spacial score (nSPS) is 10.2. The molecule has 1 heterocycles. The summed E-state index contributed by atoms with van der Waals surface area (Å²) in [5, 5.41) is 10.6. The van der Waals surface area contributed by atoms with E-state index in [2.05, 4.69) is 36.8 Å². The average molecular weight is 237 g/mol. The second-order valence-corrected chi connectivity index (χ2v) is 4.85. The van der Waals surface area contributed by atoms with Gasteiger partial charge in [0.05, 0.1) is 0 Å². The van der Waals surface area contributed by atoms with Crippen LogP contribution in [-0.4, -0.2) is 30.2 Å². The fourth-order valence-corrected chi connectivity index (χ4v) is 2.34. The molecule has 0 aliphatic rings. The first-order valence-electron chi connectivity index (χ1n) is 5.62. The maximum Gasteiger partial charge on any atom is 0.104 e. The topological polar surface area (TPSA) is 23.5 Å². The van der Waals surface area contributed by atoms with E-state index >= 15 is 0 Å². The van der Waals surface area contributed by atoms with Gasteiger partial charge in [-0.2, -0.15) is 0 Å². The standard InChI is InChI=1S/C13H19NOS/c1-3-4-7-14(2)10-13-9-12(11-16-13)6-5-8-15/h9,11,15H,3-4,7-8,10H2,1-2H3. The highest BCUT2D eigenvalue weighted by atomic mass is 32.1. The fraction of sp³-hybridized carbons (Fsp3) is 0.538. The molecule has 0 amide bonds. The lowest BCUT2D eigenvalue weighted by atomic mass is 10.3. The first-order valence-corrected chi connectivity index (χ1v) is 6.50. The van der Waals surface area contributed by atoms with E-state index in [4.69, 9.17) is 5.11 Å². The first kappa shape index (κ1) is 13.2. The number of unbranched alkanes of at least 4 members (excludes halogenated alkanes) is 1. The van der Waals surface area contributed by atoms with Crippen molar-refractivity contribution in [3.8, 4) is 11.8 Å². The summed E-state index contributed by atoms with van der Waals surface area (Å²) in [4.78, 5) is 3.67. The van der Waals surface area contributed by atoms with Gasteiger partial charge in [-0.25, -0.2) is 0 Å². The van der Waals surface area contributed by atoms with Crippen LogP contribution in [0.3, 0.4) is 0 Å². The summed E-state index contributed by atoms with van der Waals surface area (Å²) in [5.41, 5.74) is 1.01. The molecule has 1 aromatic rings. The molecule has 0 aromatic carbocycles. The Hall–Kier alpha value is -0.820. The van der Waals surface area contributed by atoms with Crippen LogP contribution in [-0.2, 0) is 6.54 Å². The molecule has 0 radical (unpaired) electrons. The van der Waals surface area contributed by atoms with E-state index in [1.165, 1.54) is 17.7 Å². The van der Waals surface area contributed by atoms with Crippen LogP contribution in [0, 0.1) is 11.8 Å². The van der Waals surface area contributed by atoms with Crippen molar-refractivity contribution >= 4 is 11.3 Å². The average Bonchev–Trinajstić information content (AvgIpc) is 2.71. The van der Waals surface area contributed by atoms with E-state index in [9.17, 15) is 0 Å². The van der Waals surface area contributed by atoms with Crippen LogP contribution in [0.4, 0.5) is 0 Å². The van der Waals surface area contributed by atoms with Crippen molar-refractivity contribution in [3.63, 3.8) is 0 Å². The van der Waals surface area contributed by atoms with Crippen LogP contribution >= 0.6 is 11.3 Å². The summed E-state index contributed by atoms with van der Waals surface area (Å²) in [6.45, 7) is 4.28. The molecule has 0 fully saturated rings. The molecule has 0 aliphatic heterocycles. The van der Waals surface area contributed by atoms with Crippen LogP contribution in [0.25, 0.3) is 0 Å². The quantitative estimate of drug-likeness (QED) is 0.795. The fourth-order valence-electron chi connectivity index (χ4n) is 1.44. The van der Waals surface area contributed by atoms with Gasteiger partial charge in [-0.15, -0.1) is 11.3 Å². The van der Waals surface area contributed by atoms with Gasteiger partial charge in [-0.05, 0) is 26.1 Å². The molecule has 88 valence electrons. The second kappa shape index (κ2) is 7.45. The minimum Gasteiger partial charge on any atom is -0.384 e. The number of rotatable bonds is 5. The Morgan fingerprint density at radius 1 is 1.50 bits per heavy atom. The van der Waals surface area contributed by atoms with Gasteiger partial charge >= 0.3 is 0 Å². The van der Waals surface area contributed by atoms with E-state index in [1.54, 1.807) is 11.3 Å². The Kier molecular flexibility index (Phi) is 6.17. The number of hydrogen-bond donors (Lipinski definition) is 1. The summed E-state index contributed by atoms with van der Waals surface area (Å²) in [6.07, 6.45) is 2.49. The molecule has 1 N–H and O–H groups in total. The SMILES string of the molecule is CCCCN(C)Cc1cc(C#CCO)cs1. The summed E-state index contributed by atoms with van der Waals surface area (Å²) < 4.78 is 0. The van der Waals surface area contributed by atoms with Gasteiger partial charge in [0.25, 0.3) is 0 Å².